The molecule has 0 saturated carbocycles. The Morgan fingerprint density at radius 1 is 1.08 bits per heavy atom. The van der Waals surface area contributed by atoms with Crippen LogP contribution in [0, 0.1) is 0 Å². The summed E-state index contributed by atoms with van der Waals surface area (Å²) in [5.74, 6) is 2.25. The molecule has 5 rings (SSSR count). The molecule has 190 valence electrons. The van der Waals surface area contributed by atoms with E-state index in [9.17, 15) is 9.59 Å². The van der Waals surface area contributed by atoms with Gasteiger partial charge >= 0.3 is 0 Å². The Bertz CT molecular complexity index is 1400. The number of methoxy groups -OCH3 is 1. The summed E-state index contributed by atoms with van der Waals surface area (Å²) in [4.78, 5) is 29.0. The number of carbonyl (C=O) groups excluding carboxylic acids is 2. The lowest BCUT2D eigenvalue weighted by Gasteiger charge is -2.27. The van der Waals surface area contributed by atoms with Gasteiger partial charge in [-0.25, -0.2) is 0 Å². The number of anilines is 1. The van der Waals surface area contributed by atoms with Gasteiger partial charge in [-0.3, -0.25) is 9.59 Å². The first kappa shape index (κ1) is 24.6. The van der Waals surface area contributed by atoms with Crippen molar-refractivity contribution in [2.45, 2.75) is 18.4 Å². The van der Waals surface area contributed by atoms with Gasteiger partial charge in [-0.05, 0) is 66.6 Å². The van der Waals surface area contributed by atoms with E-state index in [1.165, 1.54) is 11.8 Å². The maximum Gasteiger partial charge on any atom is 0.264 e. The number of ether oxygens (including phenoxy) is 4. The average Bonchev–Trinajstić information content (AvgIpc) is 3.39. The molecule has 0 unspecified atom stereocenters. The maximum absolute atomic E-state index is 13.2. The van der Waals surface area contributed by atoms with Gasteiger partial charge in [-0.2, -0.15) is 0 Å². The summed E-state index contributed by atoms with van der Waals surface area (Å²) >= 11 is 1.37. The zero-order valence-electron chi connectivity index (χ0n) is 20.7. The van der Waals surface area contributed by atoms with Gasteiger partial charge in [0.1, 0.15) is 0 Å². The van der Waals surface area contributed by atoms with E-state index in [0.717, 1.165) is 16.0 Å². The van der Waals surface area contributed by atoms with Gasteiger partial charge < -0.3 is 29.2 Å². The number of thioether (sulfide) groups is 1. The molecule has 3 aromatic carbocycles. The number of rotatable bonds is 7. The van der Waals surface area contributed by atoms with Crippen LogP contribution >= 0.6 is 11.8 Å². The van der Waals surface area contributed by atoms with Crippen molar-refractivity contribution in [3.05, 3.63) is 76.2 Å². The summed E-state index contributed by atoms with van der Waals surface area (Å²) in [7, 11) is 3.30. The van der Waals surface area contributed by atoms with E-state index >= 15 is 0 Å². The number of hydrogen-bond acceptors (Lipinski definition) is 7. The number of benzene rings is 3. The van der Waals surface area contributed by atoms with Crippen LogP contribution in [0.1, 0.15) is 28.4 Å². The number of nitrogens with zero attached hydrogens (tertiary/aromatic N) is 1. The lowest BCUT2D eigenvalue weighted by atomic mass is 10.1. The Kier molecular flexibility index (Phi) is 6.96. The zero-order valence-corrected chi connectivity index (χ0v) is 21.5. The van der Waals surface area contributed by atoms with E-state index in [0.29, 0.717) is 52.3 Å². The fourth-order valence-corrected chi connectivity index (χ4v) is 5.16. The highest BCUT2D eigenvalue weighted by atomic mass is 32.2. The minimum absolute atomic E-state index is 0.150. The lowest BCUT2D eigenvalue weighted by Crippen LogP contribution is -2.31. The second kappa shape index (κ2) is 10.5. The highest BCUT2D eigenvalue weighted by Crippen LogP contribution is 2.42. The van der Waals surface area contributed by atoms with Gasteiger partial charge in [0, 0.05) is 24.1 Å². The van der Waals surface area contributed by atoms with E-state index < -0.39 is 0 Å². The fraction of sp³-hybridized carbons (Fsp3) is 0.214. The molecule has 0 fully saturated rings. The second-order valence-electron chi connectivity index (χ2n) is 8.37. The number of hydrogen-bond donors (Lipinski definition) is 1. The Hall–Kier alpha value is -4.11. The molecule has 0 radical (unpaired) electrons. The molecule has 0 spiro atoms. The Morgan fingerprint density at radius 3 is 2.73 bits per heavy atom. The molecule has 37 heavy (non-hydrogen) atoms. The Labute approximate surface area is 219 Å². The van der Waals surface area contributed by atoms with Gasteiger partial charge in [0.2, 0.25) is 6.79 Å². The summed E-state index contributed by atoms with van der Waals surface area (Å²) in [6, 6.07) is 16.5. The highest BCUT2D eigenvalue weighted by Gasteiger charge is 2.27. The van der Waals surface area contributed by atoms with Gasteiger partial charge in [0.05, 0.1) is 24.3 Å². The predicted molar refractivity (Wildman–Crippen MR) is 142 cm³/mol. The molecule has 8 nitrogen and oxygen atoms in total. The van der Waals surface area contributed by atoms with E-state index in [-0.39, 0.29) is 18.6 Å². The first-order valence-corrected chi connectivity index (χ1v) is 12.6. The van der Waals surface area contributed by atoms with Crippen molar-refractivity contribution in [2.24, 2.45) is 0 Å². The molecule has 0 aromatic heterocycles. The van der Waals surface area contributed by atoms with Crippen LogP contribution in [-0.2, 0) is 11.3 Å². The van der Waals surface area contributed by atoms with E-state index in [1.807, 2.05) is 55.5 Å². The van der Waals surface area contributed by atoms with Crippen LogP contribution < -0.4 is 29.2 Å². The first-order chi connectivity index (χ1) is 18.0. The summed E-state index contributed by atoms with van der Waals surface area (Å²) in [6.45, 7) is 2.99. The number of fused-ring (bicyclic) bond motifs is 2. The molecule has 2 aliphatic heterocycles. The first-order valence-electron chi connectivity index (χ1n) is 11.8. The van der Waals surface area contributed by atoms with Crippen LogP contribution in [0.4, 0.5) is 5.69 Å². The molecular weight excluding hydrogens is 492 g/mol. The van der Waals surface area contributed by atoms with Crippen molar-refractivity contribution in [1.82, 2.24) is 5.32 Å². The number of carbonyl (C=O) groups is 2. The quantitative estimate of drug-likeness (QED) is 0.447. The Morgan fingerprint density at radius 2 is 1.92 bits per heavy atom. The molecule has 0 atom stereocenters. The van der Waals surface area contributed by atoms with Crippen molar-refractivity contribution < 1.29 is 28.5 Å². The Balaban J connectivity index is 1.31. The minimum Gasteiger partial charge on any atom is -0.493 e. The molecule has 0 aliphatic carbocycles. The van der Waals surface area contributed by atoms with Crippen molar-refractivity contribution in [3.63, 3.8) is 0 Å². The predicted octanol–water partition coefficient (Wildman–Crippen LogP) is 4.86. The van der Waals surface area contributed by atoms with Crippen LogP contribution in [0.25, 0.3) is 6.08 Å². The molecule has 3 aromatic rings. The van der Waals surface area contributed by atoms with Gasteiger partial charge in [-0.1, -0.05) is 23.9 Å². The minimum atomic E-state index is -0.228. The lowest BCUT2D eigenvalue weighted by molar-refractivity contribution is -0.114. The SMILES string of the molecule is CCOc1ccc(/C=C2/Sc3ccc(C(=O)NCc4ccc5c(c4)OCO5)cc3N(C)C2=O)cc1OC. The normalized spacial score (nSPS) is 14.9. The van der Waals surface area contributed by atoms with Gasteiger partial charge in [0.15, 0.2) is 23.0 Å². The van der Waals surface area contributed by atoms with Gasteiger partial charge in [-0.15, -0.1) is 0 Å². The van der Waals surface area contributed by atoms with E-state index in [4.69, 9.17) is 18.9 Å². The molecule has 2 amide bonds. The second-order valence-corrected chi connectivity index (χ2v) is 9.45. The summed E-state index contributed by atoms with van der Waals surface area (Å²) in [6.07, 6.45) is 1.83. The third-order valence-corrected chi connectivity index (χ3v) is 7.07. The van der Waals surface area contributed by atoms with Crippen LogP contribution in [0.2, 0.25) is 0 Å². The molecular formula is C28H26N2O6S. The van der Waals surface area contributed by atoms with Crippen LogP contribution in [0.3, 0.4) is 0 Å². The third-order valence-electron chi connectivity index (χ3n) is 5.99. The average molecular weight is 519 g/mol. The van der Waals surface area contributed by atoms with Crippen molar-refractivity contribution in [1.29, 1.82) is 0 Å². The molecule has 9 heteroatoms. The molecule has 0 bridgehead atoms. The summed E-state index contributed by atoms with van der Waals surface area (Å²) < 4.78 is 21.7. The summed E-state index contributed by atoms with van der Waals surface area (Å²) in [5.41, 5.74) is 2.89. The van der Waals surface area contributed by atoms with Crippen LogP contribution in [0.5, 0.6) is 23.0 Å². The van der Waals surface area contributed by atoms with Crippen molar-refractivity contribution in [2.75, 3.05) is 32.5 Å². The van der Waals surface area contributed by atoms with Gasteiger partial charge in [0.25, 0.3) is 11.8 Å². The van der Waals surface area contributed by atoms with Crippen LogP contribution in [-0.4, -0.2) is 39.4 Å². The number of amides is 2. The molecule has 1 N–H and O–H groups in total. The smallest absolute Gasteiger partial charge is 0.264 e. The number of nitrogens with one attached hydrogen (secondary N) is 1. The van der Waals surface area contributed by atoms with E-state index in [1.54, 1.807) is 31.2 Å². The molecule has 0 saturated heterocycles. The molecule has 2 heterocycles. The van der Waals surface area contributed by atoms with Crippen molar-refractivity contribution >= 4 is 35.3 Å². The molecule has 2 aliphatic rings. The number of likely N-dealkylation sites (N-methyl/N-ethyl adjacent to an activating group) is 1. The van der Waals surface area contributed by atoms with E-state index in [2.05, 4.69) is 5.32 Å². The monoisotopic (exact) mass is 518 g/mol. The standard InChI is InChI=1S/C28H26N2O6S/c1-4-34-21-8-5-17(11-23(21)33-3)13-26-28(32)30(2)20-14-19(7-10-25(20)37-26)27(31)29-15-18-6-9-22-24(12-18)36-16-35-22/h5-14H,4,15-16H2,1-3H3,(H,29,31)/b26-13+. The maximum atomic E-state index is 13.2. The largest absolute Gasteiger partial charge is 0.493 e. The highest BCUT2D eigenvalue weighted by molar-refractivity contribution is 8.04. The zero-order chi connectivity index (χ0) is 25.9. The summed E-state index contributed by atoms with van der Waals surface area (Å²) in [5, 5.41) is 2.93. The van der Waals surface area contributed by atoms with Crippen LogP contribution in [0.15, 0.2) is 64.4 Å². The fourth-order valence-electron chi connectivity index (χ4n) is 4.07. The third kappa shape index (κ3) is 5.08. The topological polar surface area (TPSA) is 86.3 Å². The van der Waals surface area contributed by atoms with Crippen molar-refractivity contribution in [3.8, 4) is 23.0 Å².